The standard InChI is InChI=1S/C7H12ClN3O5/c1-4(12)5(6(13)14)9-7(15)11(10-16)3-2-8/h4-5,12H,2-3H2,1H3,(H,9,15)(H,13,14). The van der Waals surface area contributed by atoms with E-state index < -0.39 is 24.1 Å². The second kappa shape index (κ2) is 6.96. The number of carboxylic acid groups (broad SMARTS) is 1. The fourth-order valence-corrected chi connectivity index (χ4v) is 1.02. The maximum Gasteiger partial charge on any atom is 0.341 e. The van der Waals surface area contributed by atoms with Crippen LogP contribution in [0.2, 0.25) is 0 Å². The smallest absolute Gasteiger partial charge is 0.341 e. The van der Waals surface area contributed by atoms with Crippen molar-refractivity contribution in [1.29, 1.82) is 0 Å². The first kappa shape index (κ1) is 14.6. The van der Waals surface area contributed by atoms with Gasteiger partial charge in [0.1, 0.15) is 0 Å². The number of amides is 2. The van der Waals surface area contributed by atoms with Gasteiger partial charge in [-0.15, -0.1) is 16.5 Å². The first-order valence-electron chi connectivity index (χ1n) is 4.32. The number of hydrogen-bond acceptors (Lipinski definition) is 5. The van der Waals surface area contributed by atoms with Crippen molar-refractivity contribution in [2.45, 2.75) is 19.1 Å². The van der Waals surface area contributed by atoms with E-state index >= 15 is 0 Å². The number of halogens is 1. The minimum atomic E-state index is -1.51. The Bertz CT molecular complexity index is 273. The van der Waals surface area contributed by atoms with Gasteiger partial charge in [0.15, 0.2) is 6.04 Å². The Balaban J connectivity index is 4.49. The van der Waals surface area contributed by atoms with Gasteiger partial charge in [-0.25, -0.2) is 9.59 Å². The summed E-state index contributed by atoms with van der Waals surface area (Å²) in [4.78, 5) is 32.1. The van der Waals surface area contributed by atoms with E-state index in [9.17, 15) is 14.5 Å². The quantitative estimate of drug-likeness (QED) is 0.343. The van der Waals surface area contributed by atoms with E-state index in [-0.39, 0.29) is 12.4 Å². The normalized spacial score (nSPS) is 13.7. The molecule has 92 valence electrons. The van der Waals surface area contributed by atoms with Gasteiger partial charge < -0.3 is 15.5 Å². The first-order valence-corrected chi connectivity index (χ1v) is 4.85. The lowest BCUT2D eigenvalue weighted by Gasteiger charge is -2.19. The molecule has 0 saturated heterocycles. The third-order valence-corrected chi connectivity index (χ3v) is 1.83. The summed E-state index contributed by atoms with van der Waals surface area (Å²) in [6, 6.07) is -2.53. The molecule has 0 aliphatic rings. The predicted octanol–water partition coefficient (Wildman–Crippen LogP) is -0.248. The number of alkyl halides is 1. The average molecular weight is 254 g/mol. The van der Waals surface area contributed by atoms with Crippen LogP contribution in [-0.2, 0) is 4.79 Å². The second-order valence-electron chi connectivity index (χ2n) is 2.90. The molecule has 0 rings (SSSR count). The highest BCUT2D eigenvalue weighted by Crippen LogP contribution is 1.97. The molecule has 0 aromatic heterocycles. The Morgan fingerprint density at radius 3 is 2.44 bits per heavy atom. The number of carbonyl (C=O) groups is 2. The van der Waals surface area contributed by atoms with Crippen molar-refractivity contribution in [2.24, 2.45) is 5.29 Å². The predicted molar refractivity (Wildman–Crippen MR) is 54.9 cm³/mol. The van der Waals surface area contributed by atoms with Gasteiger partial charge in [0.25, 0.3) is 0 Å². The Labute approximate surface area is 96.1 Å². The summed E-state index contributed by atoms with van der Waals surface area (Å²) in [6.07, 6.45) is -1.30. The number of aliphatic hydroxyl groups excluding tert-OH is 1. The topological polar surface area (TPSA) is 119 Å². The zero-order valence-electron chi connectivity index (χ0n) is 8.46. The number of aliphatic hydroxyl groups is 1. The van der Waals surface area contributed by atoms with Crippen LogP contribution in [0.4, 0.5) is 4.79 Å². The van der Waals surface area contributed by atoms with Gasteiger partial charge in [-0.05, 0) is 6.92 Å². The Kier molecular flexibility index (Phi) is 6.35. The number of carboxylic acids is 1. The zero-order valence-corrected chi connectivity index (χ0v) is 9.22. The lowest BCUT2D eigenvalue weighted by Crippen LogP contribution is -2.51. The third-order valence-electron chi connectivity index (χ3n) is 1.66. The monoisotopic (exact) mass is 253 g/mol. The van der Waals surface area contributed by atoms with Crippen molar-refractivity contribution in [2.75, 3.05) is 12.4 Å². The van der Waals surface area contributed by atoms with Crippen molar-refractivity contribution in [3.05, 3.63) is 4.91 Å². The van der Waals surface area contributed by atoms with E-state index in [4.69, 9.17) is 21.8 Å². The molecule has 3 N–H and O–H groups in total. The van der Waals surface area contributed by atoms with Crippen molar-refractivity contribution in [3.63, 3.8) is 0 Å². The molecule has 0 aromatic carbocycles. The van der Waals surface area contributed by atoms with Gasteiger partial charge in [-0.1, -0.05) is 0 Å². The highest BCUT2D eigenvalue weighted by Gasteiger charge is 2.27. The minimum absolute atomic E-state index is 0.0222. The van der Waals surface area contributed by atoms with Crippen molar-refractivity contribution < 1.29 is 19.8 Å². The van der Waals surface area contributed by atoms with Gasteiger partial charge in [0.05, 0.1) is 17.9 Å². The van der Waals surface area contributed by atoms with E-state index in [1.165, 1.54) is 6.92 Å². The van der Waals surface area contributed by atoms with E-state index in [1.807, 2.05) is 5.32 Å². The molecule has 2 amide bonds. The number of nitroso groups, excluding NO2 is 1. The van der Waals surface area contributed by atoms with Gasteiger partial charge in [-0.3, -0.25) is 0 Å². The fourth-order valence-electron chi connectivity index (χ4n) is 0.856. The molecule has 0 saturated carbocycles. The largest absolute Gasteiger partial charge is 0.480 e. The average Bonchev–Trinajstić information content (AvgIpc) is 2.21. The summed E-state index contributed by atoms with van der Waals surface area (Å²) in [6.45, 7) is 1.04. The molecule has 0 aliphatic carbocycles. The van der Waals surface area contributed by atoms with Crippen LogP contribution >= 0.6 is 11.6 Å². The van der Waals surface area contributed by atoms with Crippen LogP contribution in [0.25, 0.3) is 0 Å². The summed E-state index contributed by atoms with van der Waals surface area (Å²) < 4.78 is 0. The number of rotatable bonds is 6. The van der Waals surface area contributed by atoms with Crippen molar-refractivity contribution >= 4 is 23.6 Å². The van der Waals surface area contributed by atoms with Crippen molar-refractivity contribution in [1.82, 2.24) is 10.3 Å². The summed E-state index contributed by atoms with van der Waals surface area (Å²) in [5.74, 6) is -1.44. The first-order chi connectivity index (χ1) is 7.43. The Morgan fingerprint density at radius 2 is 2.12 bits per heavy atom. The number of hydrogen-bond donors (Lipinski definition) is 3. The third kappa shape index (κ3) is 4.41. The second-order valence-corrected chi connectivity index (χ2v) is 3.28. The molecule has 2 atom stereocenters. The van der Waals surface area contributed by atoms with Crippen LogP contribution in [0, 0.1) is 4.91 Å². The van der Waals surface area contributed by atoms with Crippen LogP contribution in [0.1, 0.15) is 6.92 Å². The maximum atomic E-state index is 11.3. The van der Waals surface area contributed by atoms with E-state index in [1.54, 1.807) is 0 Å². The number of aliphatic carboxylic acids is 1. The zero-order chi connectivity index (χ0) is 12.7. The van der Waals surface area contributed by atoms with Crippen LogP contribution in [0.5, 0.6) is 0 Å². The highest BCUT2D eigenvalue weighted by molar-refractivity contribution is 6.18. The molecule has 0 aliphatic heterocycles. The molecule has 9 heteroatoms. The number of nitrogens with zero attached hydrogens (tertiary/aromatic N) is 2. The SMILES string of the molecule is CC(O)C(NC(=O)N(CCCl)N=O)C(=O)O. The van der Waals surface area contributed by atoms with Crippen molar-refractivity contribution in [3.8, 4) is 0 Å². The summed E-state index contributed by atoms with van der Waals surface area (Å²) in [7, 11) is 0. The van der Waals surface area contributed by atoms with Crippen LogP contribution in [-0.4, -0.2) is 51.8 Å². The number of carbonyl (C=O) groups excluding carboxylic acids is 1. The van der Waals surface area contributed by atoms with Gasteiger partial charge in [0.2, 0.25) is 0 Å². The van der Waals surface area contributed by atoms with Crippen LogP contribution in [0.3, 0.4) is 0 Å². The summed E-state index contributed by atoms with van der Waals surface area (Å²) in [5.41, 5.74) is 0. The summed E-state index contributed by atoms with van der Waals surface area (Å²) in [5, 5.41) is 22.5. The Morgan fingerprint density at radius 1 is 1.56 bits per heavy atom. The molecule has 16 heavy (non-hydrogen) atoms. The lowest BCUT2D eigenvalue weighted by atomic mass is 10.2. The molecule has 0 radical (unpaired) electrons. The molecular weight excluding hydrogens is 242 g/mol. The van der Waals surface area contributed by atoms with E-state index in [2.05, 4.69) is 5.29 Å². The van der Waals surface area contributed by atoms with Crippen LogP contribution in [0.15, 0.2) is 5.29 Å². The molecule has 0 bridgehead atoms. The lowest BCUT2D eigenvalue weighted by molar-refractivity contribution is -0.141. The van der Waals surface area contributed by atoms with Crippen LogP contribution < -0.4 is 5.32 Å². The molecule has 0 fully saturated rings. The highest BCUT2D eigenvalue weighted by atomic mass is 35.5. The van der Waals surface area contributed by atoms with Gasteiger partial charge in [-0.2, -0.15) is 5.01 Å². The van der Waals surface area contributed by atoms with E-state index in [0.29, 0.717) is 5.01 Å². The molecular formula is C7H12ClN3O5. The molecule has 2 unspecified atom stereocenters. The Hall–Kier alpha value is -1.41. The molecule has 0 spiro atoms. The number of urea groups is 1. The summed E-state index contributed by atoms with van der Waals surface area (Å²) >= 11 is 5.29. The molecule has 0 aromatic rings. The molecule has 0 heterocycles. The van der Waals surface area contributed by atoms with E-state index in [0.717, 1.165) is 0 Å². The maximum absolute atomic E-state index is 11.3. The number of nitrogens with one attached hydrogen (secondary N) is 1. The fraction of sp³-hybridized carbons (Fsp3) is 0.714. The van der Waals surface area contributed by atoms with Gasteiger partial charge in [0, 0.05) is 5.88 Å². The van der Waals surface area contributed by atoms with Gasteiger partial charge >= 0.3 is 12.0 Å². The molecule has 8 nitrogen and oxygen atoms in total. The minimum Gasteiger partial charge on any atom is -0.480 e.